The summed E-state index contributed by atoms with van der Waals surface area (Å²) >= 11 is 8.11. The number of carbonyl (C=O) groups excluding carboxylic acids is 3. The number of unbranched alkanes of at least 4 members (excludes halogenated alkanes) is 2. The van der Waals surface area contributed by atoms with Gasteiger partial charge >= 0.3 is 5.97 Å². The molecule has 1 N–H and O–H groups in total. The molecule has 1 unspecified atom stereocenters. The van der Waals surface area contributed by atoms with Crippen LogP contribution in [0.1, 0.15) is 31.2 Å². The van der Waals surface area contributed by atoms with Gasteiger partial charge in [0.25, 0.3) is 5.91 Å². The van der Waals surface area contributed by atoms with E-state index in [9.17, 15) is 19.5 Å². The zero-order valence-corrected chi connectivity index (χ0v) is 21.8. The van der Waals surface area contributed by atoms with Crippen LogP contribution in [0.15, 0.2) is 42.5 Å². The maximum atomic E-state index is 14.4. The Kier molecular flexibility index (Phi) is 7.21. The number of hydrogen-bond donors (Lipinski definition) is 1. The number of carbonyl (C=O) groups is 3. The Hall–Kier alpha value is -2.29. The highest BCUT2D eigenvalue weighted by molar-refractivity contribution is 8.02. The summed E-state index contributed by atoms with van der Waals surface area (Å²) < 4.78 is 4.64. The topological polar surface area (TPSA) is 87.2 Å². The molecule has 0 aliphatic carbocycles. The van der Waals surface area contributed by atoms with Crippen LogP contribution in [0, 0.1) is 18.8 Å². The Bertz CT molecular complexity index is 1100. The molecule has 0 saturated carbocycles. The van der Waals surface area contributed by atoms with Gasteiger partial charge in [-0.2, -0.15) is 0 Å². The number of amides is 2. The number of esters is 1. The predicted octanol–water partition coefficient (Wildman–Crippen LogP) is 3.51. The summed E-state index contributed by atoms with van der Waals surface area (Å²) in [4.78, 5) is 44.9. The number of anilines is 1. The molecule has 192 valence electrons. The fraction of sp³-hybridized carbons (Fsp3) is 0.519. The molecule has 7 nitrogen and oxygen atoms in total. The minimum absolute atomic E-state index is 0.0863. The lowest BCUT2D eigenvalue weighted by Crippen LogP contribution is -2.53. The lowest BCUT2D eigenvalue weighted by Gasteiger charge is -2.35. The van der Waals surface area contributed by atoms with E-state index in [0.717, 1.165) is 12.0 Å². The molecular formula is C27H31ClN2O5S. The number of cyclic esters (lactones) is 1. The summed E-state index contributed by atoms with van der Waals surface area (Å²) in [5.41, 5.74) is 1.53. The Morgan fingerprint density at radius 1 is 1.17 bits per heavy atom. The molecule has 0 bridgehead atoms. The van der Waals surface area contributed by atoms with Gasteiger partial charge in [-0.1, -0.05) is 48.0 Å². The van der Waals surface area contributed by atoms with E-state index in [1.165, 1.54) is 11.8 Å². The van der Waals surface area contributed by atoms with Crippen molar-refractivity contribution < 1.29 is 24.2 Å². The maximum Gasteiger partial charge on any atom is 0.311 e. The average molecular weight is 531 g/mol. The summed E-state index contributed by atoms with van der Waals surface area (Å²) in [6.45, 7) is 3.01. The van der Waals surface area contributed by atoms with E-state index in [4.69, 9.17) is 16.3 Å². The normalized spacial score (nSPS) is 31.5. The van der Waals surface area contributed by atoms with Crippen molar-refractivity contribution in [2.45, 2.75) is 48.6 Å². The Labute approximate surface area is 220 Å². The lowest BCUT2D eigenvalue weighted by molar-refractivity contribution is -0.153. The minimum atomic E-state index is -0.877. The van der Waals surface area contributed by atoms with Gasteiger partial charge in [-0.05, 0) is 44.2 Å². The van der Waals surface area contributed by atoms with Crippen molar-refractivity contribution >= 4 is 46.8 Å². The molecule has 0 aromatic heterocycles. The van der Waals surface area contributed by atoms with Gasteiger partial charge in [0.1, 0.15) is 6.04 Å². The van der Waals surface area contributed by atoms with Crippen LogP contribution in [-0.2, 0) is 19.1 Å². The third kappa shape index (κ3) is 4.07. The first-order valence-electron chi connectivity index (χ1n) is 12.6. The minimum Gasteiger partial charge on any atom is -0.465 e. The zero-order valence-electron chi connectivity index (χ0n) is 20.3. The zero-order chi connectivity index (χ0) is 25.4. The predicted molar refractivity (Wildman–Crippen MR) is 140 cm³/mol. The smallest absolute Gasteiger partial charge is 0.311 e. The second kappa shape index (κ2) is 10.2. The molecule has 5 rings (SSSR count). The van der Waals surface area contributed by atoms with Crippen molar-refractivity contribution in [3.63, 3.8) is 0 Å². The molecule has 36 heavy (non-hydrogen) atoms. The molecule has 2 saturated heterocycles. The number of aliphatic hydroxyl groups is 1. The molecule has 1 aromatic rings. The SMILES string of the molecule is Cc1cccc(Cl)c1N1CC=C[C@]23S[C@H]4C=CCCOC(=O)[C@H]4[C@H]2C(=O)N(CCCCCO)C3C1=O. The second-order valence-electron chi connectivity index (χ2n) is 9.80. The van der Waals surface area contributed by atoms with Crippen LogP contribution in [0.5, 0.6) is 0 Å². The van der Waals surface area contributed by atoms with Crippen LogP contribution in [0.25, 0.3) is 0 Å². The standard InChI is InChI=1S/C27H31ClN2O5S/c1-17-9-7-10-18(28)22(17)29-14-8-12-27-21(20-19(36-27)11-3-6-16-35-26(20)34)24(32)30(23(27)25(29)33)13-4-2-5-15-31/h3,7-12,19-21,23,31H,2,4-6,13-16H2,1H3/t19-,20+,21-,23?,27-/m0/s1. The van der Waals surface area contributed by atoms with Crippen LogP contribution >= 0.6 is 23.4 Å². The van der Waals surface area contributed by atoms with E-state index in [2.05, 4.69) is 0 Å². The van der Waals surface area contributed by atoms with Crippen molar-refractivity contribution in [2.24, 2.45) is 11.8 Å². The quantitative estimate of drug-likeness (QED) is 0.344. The number of hydrogen-bond acceptors (Lipinski definition) is 6. The number of nitrogens with zero attached hydrogens (tertiary/aromatic N) is 2. The molecule has 2 fully saturated rings. The Morgan fingerprint density at radius 2 is 2.00 bits per heavy atom. The van der Waals surface area contributed by atoms with Gasteiger partial charge in [0.2, 0.25) is 5.91 Å². The number of halogens is 1. The van der Waals surface area contributed by atoms with Crippen molar-refractivity contribution in [1.82, 2.24) is 4.90 Å². The second-order valence-corrected chi connectivity index (χ2v) is 11.7. The van der Waals surface area contributed by atoms with Crippen LogP contribution in [-0.4, -0.2) is 70.1 Å². The first-order valence-corrected chi connectivity index (χ1v) is 13.8. The van der Waals surface area contributed by atoms with Crippen molar-refractivity contribution in [3.05, 3.63) is 53.1 Å². The third-order valence-electron chi connectivity index (χ3n) is 7.64. The molecule has 0 radical (unpaired) electrons. The van der Waals surface area contributed by atoms with Crippen LogP contribution in [0.2, 0.25) is 5.02 Å². The van der Waals surface area contributed by atoms with E-state index in [1.807, 2.05) is 43.4 Å². The summed E-state index contributed by atoms with van der Waals surface area (Å²) in [6, 6.07) is 4.77. The fourth-order valence-corrected chi connectivity index (χ4v) is 8.41. The summed E-state index contributed by atoms with van der Waals surface area (Å²) in [5.74, 6) is -2.05. The number of para-hydroxylation sites is 1. The molecule has 4 aliphatic rings. The van der Waals surface area contributed by atoms with Crippen LogP contribution < -0.4 is 4.90 Å². The number of aryl methyl sites for hydroxylation is 1. The number of fused-ring (bicyclic) bond motifs is 2. The number of rotatable bonds is 6. The van der Waals surface area contributed by atoms with Gasteiger partial charge in [-0.25, -0.2) is 0 Å². The first-order chi connectivity index (χ1) is 17.4. The van der Waals surface area contributed by atoms with Gasteiger partial charge in [-0.15, -0.1) is 11.8 Å². The molecule has 4 heterocycles. The number of aliphatic hydroxyl groups excluding tert-OH is 1. The monoisotopic (exact) mass is 530 g/mol. The summed E-state index contributed by atoms with van der Waals surface area (Å²) in [7, 11) is 0. The highest BCUT2D eigenvalue weighted by atomic mass is 35.5. The van der Waals surface area contributed by atoms with Gasteiger partial charge in [0, 0.05) is 24.9 Å². The highest BCUT2D eigenvalue weighted by Crippen LogP contribution is 2.61. The van der Waals surface area contributed by atoms with E-state index in [1.54, 1.807) is 15.9 Å². The summed E-state index contributed by atoms with van der Waals surface area (Å²) in [6.07, 6.45) is 10.6. The Balaban J connectivity index is 1.59. The van der Waals surface area contributed by atoms with Gasteiger partial charge in [0.15, 0.2) is 0 Å². The van der Waals surface area contributed by atoms with E-state index in [0.29, 0.717) is 49.7 Å². The Morgan fingerprint density at radius 3 is 2.78 bits per heavy atom. The number of ether oxygens (including phenoxy) is 1. The largest absolute Gasteiger partial charge is 0.465 e. The average Bonchev–Trinajstić information content (AvgIpc) is 3.21. The number of benzene rings is 1. The third-order valence-corrected chi connectivity index (χ3v) is 9.69. The van der Waals surface area contributed by atoms with Crippen molar-refractivity contribution in [1.29, 1.82) is 0 Å². The molecular weight excluding hydrogens is 500 g/mol. The van der Waals surface area contributed by atoms with Crippen LogP contribution in [0.3, 0.4) is 0 Å². The molecule has 1 spiro atoms. The van der Waals surface area contributed by atoms with E-state index < -0.39 is 22.6 Å². The first kappa shape index (κ1) is 25.4. The van der Waals surface area contributed by atoms with Crippen LogP contribution in [0.4, 0.5) is 5.69 Å². The van der Waals surface area contributed by atoms with Gasteiger partial charge in [-0.3, -0.25) is 14.4 Å². The van der Waals surface area contributed by atoms with Crippen molar-refractivity contribution in [2.75, 3.05) is 31.2 Å². The maximum absolute atomic E-state index is 14.4. The highest BCUT2D eigenvalue weighted by Gasteiger charge is 2.71. The molecule has 9 heteroatoms. The number of likely N-dealkylation sites (tertiary alicyclic amines) is 1. The van der Waals surface area contributed by atoms with Gasteiger partial charge in [0.05, 0.1) is 33.9 Å². The van der Waals surface area contributed by atoms with Gasteiger partial charge < -0.3 is 19.6 Å². The lowest BCUT2D eigenvalue weighted by atomic mass is 9.78. The molecule has 5 atom stereocenters. The molecule has 1 aromatic carbocycles. The van der Waals surface area contributed by atoms with E-state index in [-0.39, 0.29) is 29.6 Å². The summed E-state index contributed by atoms with van der Waals surface area (Å²) in [5, 5.41) is 9.45. The molecule has 2 amide bonds. The van der Waals surface area contributed by atoms with E-state index >= 15 is 0 Å². The number of thioether (sulfide) groups is 1. The fourth-order valence-electron chi connectivity index (χ4n) is 6.08. The molecule has 4 aliphatic heterocycles. The van der Waals surface area contributed by atoms with Crippen molar-refractivity contribution in [3.8, 4) is 0 Å².